The molecule has 0 bridgehead atoms. The van der Waals surface area contributed by atoms with Crippen LogP contribution in [-0.4, -0.2) is 16.6 Å². The van der Waals surface area contributed by atoms with Crippen LogP contribution in [0, 0.1) is 0 Å². The highest BCUT2D eigenvalue weighted by Crippen LogP contribution is 2.17. The maximum atomic E-state index is 9.26. The standard InChI is InChI=1S/C18H18N2O/c21-17-6-4-14(5-7-17)8-10-19-12-15-2-1-3-16-13-20-11-9-18(15)16/h1-7,9,11,13,19,21H,8,10,12H2. The quantitative estimate of drug-likeness (QED) is 0.704. The van der Waals surface area contributed by atoms with Crippen LogP contribution in [0.25, 0.3) is 10.8 Å². The third kappa shape index (κ3) is 3.38. The summed E-state index contributed by atoms with van der Waals surface area (Å²) in [5.74, 6) is 0.316. The van der Waals surface area contributed by atoms with E-state index in [-0.39, 0.29) is 0 Å². The molecule has 0 spiro atoms. The molecule has 0 saturated carbocycles. The molecule has 3 aromatic rings. The minimum atomic E-state index is 0.316. The largest absolute Gasteiger partial charge is 0.508 e. The zero-order chi connectivity index (χ0) is 14.5. The lowest BCUT2D eigenvalue weighted by molar-refractivity contribution is 0.475. The Morgan fingerprint density at radius 1 is 1.00 bits per heavy atom. The first-order valence-corrected chi connectivity index (χ1v) is 7.13. The predicted octanol–water partition coefficient (Wildman–Crippen LogP) is 3.27. The summed E-state index contributed by atoms with van der Waals surface area (Å²) >= 11 is 0. The molecule has 0 fully saturated rings. The van der Waals surface area contributed by atoms with Gasteiger partial charge in [0.15, 0.2) is 0 Å². The van der Waals surface area contributed by atoms with E-state index in [1.807, 2.05) is 24.5 Å². The summed E-state index contributed by atoms with van der Waals surface area (Å²) < 4.78 is 0. The van der Waals surface area contributed by atoms with Crippen molar-refractivity contribution in [1.82, 2.24) is 10.3 Å². The smallest absolute Gasteiger partial charge is 0.115 e. The van der Waals surface area contributed by atoms with Crippen molar-refractivity contribution in [2.24, 2.45) is 0 Å². The van der Waals surface area contributed by atoms with E-state index in [2.05, 4.69) is 34.6 Å². The third-order valence-corrected chi connectivity index (χ3v) is 3.61. The lowest BCUT2D eigenvalue weighted by Crippen LogP contribution is -2.16. The zero-order valence-electron chi connectivity index (χ0n) is 11.8. The Morgan fingerprint density at radius 3 is 2.71 bits per heavy atom. The number of nitrogens with one attached hydrogen (secondary N) is 1. The van der Waals surface area contributed by atoms with Gasteiger partial charge >= 0.3 is 0 Å². The van der Waals surface area contributed by atoms with Gasteiger partial charge in [-0.25, -0.2) is 0 Å². The molecule has 3 rings (SSSR count). The fourth-order valence-electron chi connectivity index (χ4n) is 2.46. The van der Waals surface area contributed by atoms with Crippen LogP contribution in [0.5, 0.6) is 5.75 Å². The second-order valence-electron chi connectivity index (χ2n) is 5.11. The van der Waals surface area contributed by atoms with Crippen molar-refractivity contribution < 1.29 is 5.11 Å². The Kier molecular flexibility index (Phi) is 4.12. The average Bonchev–Trinajstić information content (AvgIpc) is 2.53. The van der Waals surface area contributed by atoms with Crippen LogP contribution in [0.3, 0.4) is 0 Å². The second kappa shape index (κ2) is 6.37. The number of phenolic OH excluding ortho intramolecular Hbond substituents is 1. The van der Waals surface area contributed by atoms with Crippen LogP contribution in [0.2, 0.25) is 0 Å². The van der Waals surface area contributed by atoms with Gasteiger partial charge in [0.1, 0.15) is 5.75 Å². The van der Waals surface area contributed by atoms with Crippen molar-refractivity contribution in [3.63, 3.8) is 0 Å². The first-order valence-electron chi connectivity index (χ1n) is 7.13. The number of rotatable bonds is 5. The SMILES string of the molecule is Oc1ccc(CCNCc2cccc3cnccc23)cc1. The Balaban J connectivity index is 1.58. The molecule has 0 atom stereocenters. The monoisotopic (exact) mass is 278 g/mol. The maximum Gasteiger partial charge on any atom is 0.115 e. The van der Waals surface area contributed by atoms with Crippen molar-refractivity contribution in [2.75, 3.05) is 6.54 Å². The van der Waals surface area contributed by atoms with Crippen molar-refractivity contribution in [3.8, 4) is 5.75 Å². The molecule has 0 saturated heterocycles. The molecule has 3 nitrogen and oxygen atoms in total. The van der Waals surface area contributed by atoms with Gasteiger partial charge < -0.3 is 10.4 Å². The van der Waals surface area contributed by atoms with E-state index in [0.717, 1.165) is 19.5 Å². The fourth-order valence-corrected chi connectivity index (χ4v) is 2.46. The molecule has 0 amide bonds. The molecule has 0 aliphatic rings. The lowest BCUT2D eigenvalue weighted by Gasteiger charge is -2.08. The molecule has 0 unspecified atom stereocenters. The minimum absolute atomic E-state index is 0.316. The summed E-state index contributed by atoms with van der Waals surface area (Å²) in [6, 6.07) is 15.7. The zero-order valence-corrected chi connectivity index (χ0v) is 11.8. The van der Waals surface area contributed by atoms with Crippen LogP contribution in [-0.2, 0) is 13.0 Å². The van der Waals surface area contributed by atoms with Crippen LogP contribution in [0.4, 0.5) is 0 Å². The normalized spacial score (nSPS) is 10.9. The Labute approximate surface area is 124 Å². The number of benzene rings is 2. The van der Waals surface area contributed by atoms with Gasteiger partial charge in [0, 0.05) is 24.3 Å². The summed E-state index contributed by atoms with van der Waals surface area (Å²) in [5, 5.41) is 15.2. The van der Waals surface area contributed by atoms with Gasteiger partial charge in [-0.1, -0.05) is 30.3 Å². The number of phenols is 1. The van der Waals surface area contributed by atoms with Crippen LogP contribution in [0.1, 0.15) is 11.1 Å². The van der Waals surface area contributed by atoms with Crippen molar-refractivity contribution >= 4 is 10.8 Å². The highest BCUT2D eigenvalue weighted by atomic mass is 16.3. The molecule has 0 radical (unpaired) electrons. The number of fused-ring (bicyclic) bond motifs is 1. The molecule has 2 aromatic carbocycles. The van der Waals surface area contributed by atoms with E-state index in [4.69, 9.17) is 0 Å². The second-order valence-corrected chi connectivity index (χ2v) is 5.11. The highest BCUT2D eigenvalue weighted by molar-refractivity contribution is 5.84. The van der Waals surface area contributed by atoms with Gasteiger partial charge in [0.2, 0.25) is 0 Å². The number of hydrogen-bond acceptors (Lipinski definition) is 3. The number of aromatic nitrogens is 1. The van der Waals surface area contributed by atoms with Gasteiger partial charge in [-0.15, -0.1) is 0 Å². The van der Waals surface area contributed by atoms with E-state index >= 15 is 0 Å². The fraction of sp³-hybridized carbons (Fsp3) is 0.167. The summed E-state index contributed by atoms with van der Waals surface area (Å²) in [4.78, 5) is 4.16. The van der Waals surface area contributed by atoms with E-state index in [9.17, 15) is 5.11 Å². The number of aromatic hydroxyl groups is 1. The van der Waals surface area contributed by atoms with Gasteiger partial charge in [-0.2, -0.15) is 0 Å². The van der Waals surface area contributed by atoms with Gasteiger partial charge in [0.25, 0.3) is 0 Å². The molecule has 3 heteroatoms. The topological polar surface area (TPSA) is 45.1 Å². The minimum Gasteiger partial charge on any atom is -0.508 e. The Morgan fingerprint density at radius 2 is 1.86 bits per heavy atom. The number of hydrogen-bond donors (Lipinski definition) is 2. The van der Waals surface area contributed by atoms with Crippen LogP contribution < -0.4 is 5.32 Å². The van der Waals surface area contributed by atoms with Crippen LogP contribution >= 0.6 is 0 Å². The van der Waals surface area contributed by atoms with Gasteiger partial charge in [-0.3, -0.25) is 4.98 Å². The molecule has 21 heavy (non-hydrogen) atoms. The molecule has 0 aliphatic heterocycles. The summed E-state index contributed by atoms with van der Waals surface area (Å²) in [5.41, 5.74) is 2.52. The lowest BCUT2D eigenvalue weighted by atomic mass is 10.1. The molecular weight excluding hydrogens is 260 g/mol. The molecule has 2 N–H and O–H groups in total. The first kappa shape index (κ1) is 13.6. The highest BCUT2D eigenvalue weighted by Gasteiger charge is 2.00. The van der Waals surface area contributed by atoms with Gasteiger partial charge in [0.05, 0.1) is 0 Å². The molecule has 0 aliphatic carbocycles. The van der Waals surface area contributed by atoms with Gasteiger partial charge in [-0.05, 0) is 47.7 Å². The molecule has 106 valence electrons. The Hall–Kier alpha value is -2.39. The van der Waals surface area contributed by atoms with E-state index < -0.39 is 0 Å². The summed E-state index contributed by atoms with van der Waals surface area (Å²) in [6.45, 7) is 1.76. The average molecular weight is 278 g/mol. The van der Waals surface area contributed by atoms with E-state index in [1.54, 1.807) is 12.1 Å². The Bertz CT molecular complexity index is 717. The predicted molar refractivity (Wildman–Crippen MR) is 85.3 cm³/mol. The number of nitrogens with zero attached hydrogens (tertiary/aromatic N) is 1. The van der Waals surface area contributed by atoms with Crippen molar-refractivity contribution in [3.05, 3.63) is 72.1 Å². The molecular formula is C18H18N2O. The number of pyridine rings is 1. The first-order chi connectivity index (χ1) is 10.3. The molecule has 1 aromatic heterocycles. The van der Waals surface area contributed by atoms with Crippen LogP contribution in [0.15, 0.2) is 60.9 Å². The van der Waals surface area contributed by atoms with Crippen molar-refractivity contribution in [2.45, 2.75) is 13.0 Å². The maximum absolute atomic E-state index is 9.26. The summed E-state index contributed by atoms with van der Waals surface area (Å²) in [7, 11) is 0. The third-order valence-electron chi connectivity index (χ3n) is 3.61. The van der Waals surface area contributed by atoms with E-state index in [0.29, 0.717) is 5.75 Å². The van der Waals surface area contributed by atoms with Crippen molar-refractivity contribution in [1.29, 1.82) is 0 Å². The van der Waals surface area contributed by atoms with E-state index in [1.165, 1.54) is 21.9 Å². The molecule has 1 heterocycles. The summed E-state index contributed by atoms with van der Waals surface area (Å²) in [6.07, 6.45) is 4.68.